The fraction of sp³-hybridized carbons (Fsp3) is 0.286. The standard InChI is InChI=1S/C35H36Br2O8/c1-18(2)22-15-28(45-33-24(36)12-20(13-25(33)37)14-30(39)40)23(16-27(22)41-4)31(21-10-8-9-19(3)11-21)32-26(38)17-29(42-5)34(43-6)35(32)44-7/h8-13,15-18,31,38H,14H2,1-7H3,(H,39,40). The van der Waals surface area contributed by atoms with Gasteiger partial charge in [0.1, 0.15) is 17.2 Å². The Hall–Kier alpha value is -3.89. The van der Waals surface area contributed by atoms with Gasteiger partial charge in [-0.25, -0.2) is 0 Å². The van der Waals surface area contributed by atoms with Crippen LogP contribution in [-0.2, 0) is 11.2 Å². The predicted octanol–water partition coefficient (Wildman–Crippen LogP) is 8.98. The molecular weight excluding hydrogens is 708 g/mol. The van der Waals surface area contributed by atoms with Gasteiger partial charge in [0.2, 0.25) is 5.75 Å². The van der Waals surface area contributed by atoms with Crippen molar-refractivity contribution in [3.8, 4) is 40.2 Å². The molecule has 4 aromatic rings. The molecular formula is C35H36Br2O8. The number of aromatic hydroxyl groups is 1. The summed E-state index contributed by atoms with van der Waals surface area (Å²) in [5.74, 6) is 1.01. The van der Waals surface area contributed by atoms with E-state index in [2.05, 4.69) is 45.7 Å². The van der Waals surface area contributed by atoms with E-state index in [4.69, 9.17) is 23.7 Å². The van der Waals surface area contributed by atoms with Crippen LogP contribution in [0.2, 0.25) is 0 Å². The smallest absolute Gasteiger partial charge is 0.307 e. The molecule has 10 heteroatoms. The first-order valence-corrected chi connectivity index (χ1v) is 15.7. The number of halogens is 2. The zero-order valence-corrected chi connectivity index (χ0v) is 29.3. The number of benzene rings is 4. The van der Waals surface area contributed by atoms with E-state index in [1.54, 1.807) is 19.2 Å². The minimum Gasteiger partial charge on any atom is -0.507 e. The Morgan fingerprint density at radius 2 is 1.40 bits per heavy atom. The van der Waals surface area contributed by atoms with Crippen molar-refractivity contribution in [1.82, 2.24) is 0 Å². The van der Waals surface area contributed by atoms with Gasteiger partial charge in [-0.1, -0.05) is 43.7 Å². The van der Waals surface area contributed by atoms with Crippen molar-refractivity contribution < 1.29 is 38.7 Å². The van der Waals surface area contributed by atoms with Crippen LogP contribution in [0.3, 0.4) is 0 Å². The van der Waals surface area contributed by atoms with Crippen LogP contribution in [0.1, 0.15) is 59.1 Å². The van der Waals surface area contributed by atoms with Gasteiger partial charge in [0.15, 0.2) is 17.2 Å². The van der Waals surface area contributed by atoms with E-state index >= 15 is 0 Å². The normalized spacial score (nSPS) is 11.7. The van der Waals surface area contributed by atoms with Crippen LogP contribution in [0, 0.1) is 6.92 Å². The molecule has 0 amide bonds. The molecule has 4 rings (SSSR count). The molecule has 4 aromatic carbocycles. The molecule has 0 spiro atoms. The van der Waals surface area contributed by atoms with Gasteiger partial charge in [0.05, 0.1) is 49.4 Å². The fourth-order valence-electron chi connectivity index (χ4n) is 5.43. The largest absolute Gasteiger partial charge is 0.507 e. The summed E-state index contributed by atoms with van der Waals surface area (Å²) in [6.45, 7) is 6.13. The lowest BCUT2D eigenvalue weighted by atomic mass is 9.81. The zero-order chi connectivity index (χ0) is 33.0. The van der Waals surface area contributed by atoms with Crippen molar-refractivity contribution in [2.45, 2.75) is 39.0 Å². The highest BCUT2D eigenvalue weighted by Gasteiger charge is 2.33. The molecule has 0 aliphatic heterocycles. The number of carboxylic acids is 1. The number of carboxylic acid groups (broad SMARTS) is 1. The van der Waals surface area contributed by atoms with E-state index in [0.29, 0.717) is 60.1 Å². The molecule has 2 N–H and O–H groups in total. The van der Waals surface area contributed by atoms with Crippen LogP contribution in [0.4, 0.5) is 0 Å². The van der Waals surface area contributed by atoms with E-state index in [-0.39, 0.29) is 18.1 Å². The Balaban J connectivity index is 2.10. The molecule has 0 saturated heterocycles. The Kier molecular flexibility index (Phi) is 10.9. The van der Waals surface area contributed by atoms with E-state index in [0.717, 1.165) is 16.7 Å². The number of rotatable bonds is 12. The number of aryl methyl sites for hydroxylation is 1. The van der Waals surface area contributed by atoms with Crippen molar-refractivity contribution in [2.24, 2.45) is 0 Å². The summed E-state index contributed by atoms with van der Waals surface area (Å²) in [6, 6.07) is 16.8. The summed E-state index contributed by atoms with van der Waals surface area (Å²) in [4.78, 5) is 11.4. The molecule has 1 atom stereocenters. The summed E-state index contributed by atoms with van der Waals surface area (Å²) in [5.41, 5.74) is 4.51. The minimum absolute atomic E-state index is 0.0609. The van der Waals surface area contributed by atoms with Gasteiger partial charge in [0.25, 0.3) is 0 Å². The van der Waals surface area contributed by atoms with Crippen LogP contribution in [0.15, 0.2) is 63.5 Å². The second kappa shape index (κ2) is 14.5. The lowest BCUT2D eigenvalue weighted by Crippen LogP contribution is -2.11. The zero-order valence-electron chi connectivity index (χ0n) is 26.2. The van der Waals surface area contributed by atoms with Crippen LogP contribution < -0.4 is 23.7 Å². The van der Waals surface area contributed by atoms with E-state index in [1.807, 2.05) is 43.3 Å². The number of carbonyl (C=O) groups is 1. The summed E-state index contributed by atoms with van der Waals surface area (Å²) >= 11 is 7.18. The third-order valence-electron chi connectivity index (χ3n) is 7.43. The fourth-order valence-corrected chi connectivity index (χ4v) is 6.87. The monoisotopic (exact) mass is 742 g/mol. The summed E-state index contributed by atoms with van der Waals surface area (Å²) in [5, 5.41) is 20.9. The first kappa shape index (κ1) is 34.0. The van der Waals surface area contributed by atoms with E-state index in [9.17, 15) is 15.0 Å². The lowest BCUT2D eigenvalue weighted by molar-refractivity contribution is -0.136. The van der Waals surface area contributed by atoms with Crippen molar-refractivity contribution in [2.75, 3.05) is 28.4 Å². The third kappa shape index (κ3) is 7.17. The molecule has 1 unspecified atom stereocenters. The maximum atomic E-state index is 11.6. The van der Waals surface area contributed by atoms with Gasteiger partial charge in [-0.05, 0) is 80.1 Å². The maximum Gasteiger partial charge on any atom is 0.307 e. The van der Waals surface area contributed by atoms with Crippen LogP contribution in [-0.4, -0.2) is 44.6 Å². The van der Waals surface area contributed by atoms with Gasteiger partial charge in [-0.3, -0.25) is 4.79 Å². The van der Waals surface area contributed by atoms with Crippen molar-refractivity contribution in [1.29, 1.82) is 0 Å². The summed E-state index contributed by atoms with van der Waals surface area (Å²) < 4.78 is 30.9. The SMILES string of the molecule is COc1cc(C(c2cccc(C)c2)c2c(O)cc(OC)c(OC)c2OC)c(Oc2c(Br)cc(CC(=O)O)cc2Br)cc1C(C)C. The molecule has 238 valence electrons. The molecule has 0 radical (unpaired) electrons. The summed E-state index contributed by atoms with van der Waals surface area (Å²) in [6.07, 6.45) is -0.142. The molecule has 0 fully saturated rings. The molecule has 0 saturated carbocycles. The van der Waals surface area contributed by atoms with Gasteiger partial charge >= 0.3 is 5.97 Å². The number of phenols is 1. The quantitative estimate of drug-likeness (QED) is 0.139. The van der Waals surface area contributed by atoms with Gasteiger partial charge in [-0.2, -0.15) is 0 Å². The van der Waals surface area contributed by atoms with Crippen LogP contribution in [0.5, 0.6) is 40.2 Å². The summed E-state index contributed by atoms with van der Waals surface area (Å²) in [7, 11) is 6.14. The molecule has 8 nitrogen and oxygen atoms in total. The second-order valence-corrected chi connectivity index (χ2v) is 12.5. The van der Waals surface area contributed by atoms with Crippen molar-refractivity contribution in [3.05, 3.63) is 96.9 Å². The highest BCUT2D eigenvalue weighted by molar-refractivity contribution is 9.11. The number of aliphatic carboxylic acids is 1. The average molecular weight is 744 g/mol. The number of methoxy groups -OCH3 is 4. The minimum atomic E-state index is -0.939. The second-order valence-electron chi connectivity index (χ2n) is 10.8. The van der Waals surface area contributed by atoms with E-state index < -0.39 is 11.9 Å². The predicted molar refractivity (Wildman–Crippen MR) is 180 cm³/mol. The Morgan fingerprint density at radius 1 is 0.778 bits per heavy atom. The molecule has 0 aliphatic carbocycles. The molecule has 0 bridgehead atoms. The first-order valence-electron chi connectivity index (χ1n) is 14.1. The van der Waals surface area contributed by atoms with Gasteiger partial charge in [0, 0.05) is 23.1 Å². The lowest BCUT2D eigenvalue weighted by Gasteiger charge is -2.28. The number of ether oxygens (including phenoxy) is 5. The topological polar surface area (TPSA) is 104 Å². The Bertz CT molecular complexity index is 1690. The van der Waals surface area contributed by atoms with Crippen LogP contribution >= 0.6 is 31.9 Å². The Morgan fingerprint density at radius 3 is 1.93 bits per heavy atom. The van der Waals surface area contributed by atoms with Crippen LogP contribution in [0.25, 0.3) is 0 Å². The maximum absolute atomic E-state index is 11.6. The first-order chi connectivity index (χ1) is 21.4. The number of hydrogen-bond donors (Lipinski definition) is 2. The highest BCUT2D eigenvalue weighted by Crippen LogP contribution is 2.54. The van der Waals surface area contributed by atoms with Gasteiger partial charge < -0.3 is 33.9 Å². The third-order valence-corrected chi connectivity index (χ3v) is 8.61. The van der Waals surface area contributed by atoms with Crippen molar-refractivity contribution >= 4 is 37.8 Å². The molecule has 45 heavy (non-hydrogen) atoms. The average Bonchev–Trinajstić information content (AvgIpc) is 2.99. The molecule has 0 heterocycles. The van der Waals surface area contributed by atoms with Crippen molar-refractivity contribution in [3.63, 3.8) is 0 Å². The number of hydrogen-bond acceptors (Lipinski definition) is 7. The Labute approximate surface area is 280 Å². The molecule has 0 aromatic heterocycles. The van der Waals surface area contributed by atoms with E-state index in [1.165, 1.54) is 27.4 Å². The highest BCUT2D eigenvalue weighted by atomic mass is 79.9. The molecule has 0 aliphatic rings. The van der Waals surface area contributed by atoms with Gasteiger partial charge in [-0.15, -0.1) is 0 Å². The number of phenolic OH excluding ortho intramolecular Hbond substituents is 1.